The fourth-order valence-corrected chi connectivity index (χ4v) is 6.30. The third-order valence-electron chi connectivity index (χ3n) is 8.27. The Labute approximate surface area is 176 Å². The highest BCUT2D eigenvalue weighted by Gasteiger charge is 2.73. The van der Waals surface area contributed by atoms with Gasteiger partial charge in [0.2, 0.25) is 0 Å². The summed E-state index contributed by atoms with van der Waals surface area (Å²) in [7, 11) is 0. The quantitative estimate of drug-likeness (QED) is 0.502. The molecule has 5 heteroatoms. The smallest absolute Gasteiger partial charge is 0.121 e. The van der Waals surface area contributed by atoms with Crippen molar-refractivity contribution in [2.45, 2.75) is 88.7 Å². The summed E-state index contributed by atoms with van der Waals surface area (Å²) < 4.78 is 18.0. The molecule has 0 bridgehead atoms. The first kappa shape index (κ1) is 20.4. The van der Waals surface area contributed by atoms with Crippen molar-refractivity contribution in [3.63, 3.8) is 0 Å². The first-order valence-corrected chi connectivity index (χ1v) is 12.0. The van der Waals surface area contributed by atoms with Gasteiger partial charge in [0.25, 0.3) is 0 Å². The van der Waals surface area contributed by atoms with Crippen molar-refractivity contribution in [1.29, 1.82) is 0 Å². The second kappa shape index (κ2) is 7.90. The minimum Gasteiger partial charge on any atom is -0.379 e. The van der Waals surface area contributed by atoms with Crippen LogP contribution in [0, 0.1) is 5.92 Å². The van der Waals surface area contributed by atoms with Crippen molar-refractivity contribution < 1.29 is 14.2 Å². The van der Waals surface area contributed by atoms with Crippen LogP contribution in [-0.2, 0) is 14.2 Å². The average Bonchev–Trinajstić information content (AvgIpc) is 3.53. The van der Waals surface area contributed by atoms with Crippen molar-refractivity contribution in [2.24, 2.45) is 5.92 Å². The van der Waals surface area contributed by atoms with Gasteiger partial charge in [-0.05, 0) is 71.8 Å². The predicted octanol–water partition coefficient (Wildman–Crippen LogP) is 3.23. The monoisotopic (exact) mass is 404 g/mol. The summed E-state index contributed by atoms with van der Waals surface area (Å²) in [4.78, 5) is 5.40. The first-order chi connectivity index (χ1) is 14.0. The second-order valence-corrected chi connectivity index (χ2v) is 10.7. The highest BCUT2D eigenvalue weighted by Crippen LogP contribution is 2.60. The standard InChI is InChI=1S/C24H40N2O3/c1-18(2)4-5-21-23(3,28-21)22-24(29-22)9-6-20(7-10-24)26-11-8-19(17-26)16-25-12-14-27-15-13-25/h4,19-22H,5-17H2,1-3H3/t19?,20?,21-,22?,23-,24?/m1/s1. The Morgan fingerprint density at radius 3 is 2.52 bits per heavy atom. The average molecular weight is 405 g/mol. The highest BCUT2D eigenvalue weighted by atomic mass is 16.7. The van der Waals surface area contributed by atoms with Gasteiger partial charge < -0.3 is 19.1 Å². The van der Waals surface area contributed by atoms with Crippen LogP contribution in [0.1, 0.15) is 59.3 Å². The molecule has 1 spiro atoms. The number of rotatable bonds is 6. The predicted molar refractivity (Wildman–Crippen MR) is 114 cm³/mol. The molecular formula is C24H40N2O3. The minimum atomic E-state index is -0.0321. The van der Waals surface area contributed by atoms with E-state index < -0.39 is 0 Å². The molecule has 4 heterocycles. The normalized spacial score (nSPS) is 45.5. The first-order valence-electron chi connectivity index (χ1n) is 12.0. The van der Waals surface area contributed by atoms with E-state index >= 15 is 0 Å². The van der Waals surface area contributed by atoms with Gasteiger partial charge in [-0.2, -0.15) is 0 Å². The lowest BCUT2D eigenvalue weighted by Gasteiger charge is -2.34. The van der Waals surface area contributed by atoms with Gasteiger partial charge in [-0.15, -0.1) is 0 Å². The number of likely N-dealkylation sites (tertiary alicyclic amines) is 1. The maximum Gasteiger partial charge on any atom is 0.121 e. The summed E-state index contributed by atoms with van der Waals surface area (Å²) in [5.41, 5.74) is 1.49. The molecule has 4 atom stereocenters. The van der Waals surface area contributed by atoms with Crippen LogP contribution < -0.4 is 0 Å². The van der Waals surface area contributed by atoms with E-state index in [-0.39, 0.29) is 11.2 Å². The van der Waals surface area contributed by atoms with Crippen molar-refractivity contribution in [3.05, 3.63) is 11.6 Å². The number of allylic oxidation sites excluding steroid dienone is 1. The summed E-state index contributed by atoms with van der Waals surface area (Å²) in [6.07, 6.45) is 10.5. The van der Waals surface area contributed by atoms with Crippen molar-refractivity contribution >= 4 is 0 Å². The SMILES string of the molecule is CC(C)=CC[C@H]1O[C@@]1(C)C1OC12CCC(N1CCC(CN3CCOCC3)C1)CC2. The molecule has 0 aromatic rings. The number of morpholine rings is 1. The molecule has 5 rings (SSSR count). The Bertz CT molecular complexity index is 620. The Morgan fingerprint density at radius 2 is 1.79 bits per heavy atom. The summed E-state index contributed by atoms with van der Waals surface area (Å²) in [6.45, 7) is 14.5. The zero-order valence-corrected chi connectivity index (χ0v) is 18.7. The largest absolute Gasteiger partial charge is 0.379 e. The molecule has 4 aliphatic heterocycles. The van der Waals surface area contributed by atoms with Crippen LogP contribution in [0.4, 0.5) is 0 Å². The molecule has 0 aromatic carbocycles. The fraction of sp³-hybridized carbons (Fsp3) is 0.917. The van der Waals surface area contributed by atoms with E-state index in [4.69, 9.17) is 14.2 Å². The number of hydrogen-bond donors (Lipinski definition) is 0. The zero-order chi connectivity index (χ0) is 20.1. The maximum atomic E-state index is 6.36. The molecule has 29 heavy (non-hydrogen) atoms. The van der Waals surface area contributed by atoms with Gasteiger partial charge in [0.1, 0.15) is 11.7 Å². The zero-order valence-electron chi connectivity index (χ0n) is 18.7. The van der Waals surface area contributed by atoms with Crippen LogP contribution in [0.2, 0.25) is 0 Å². The van der Waals surface area contributed by atoms with E-state index in [1.54, 1.807) is 0 Å². The topological polar surface area (TPSA) is 40.8 Å². The molecule has 0 aromatic heterocycles. The van der Waals surface area contributed by atoms with Crippen LogP contribution in [0.5, 0.6) is 0 Å². The molecular weight excluding hydrogens is 364 g/mol. The van der Waals surface area contributed by atoms with Crippen LogP contribution in [-0.4, -0.2) is 85.2 Å². The van der Waals surface area contributed by atoms with Crippen molar-refractivity contribution in [3.8, 4) is 0 Å². The summed E-state index contributed by atoms with van der Waals surface area (Å²) >= 11 is 0. The van der Waals surface area contributed by atoms with Gasteiger partial charge in [0.05, 0.1) is 24.9 Å². The molecule has 4 saturated heterocycles. The number of hydrogen-bond acceptors (Lipinski definition) is 5. The molecule has 1 aliphatic carbocycles. The summed E-state index contributed by atoms with van der Waals surface area (Å²) in [6, 6.07) is 0.773. The molecule has 5 fully saturated rings. The lowest BCUT2D eigenvalue weighted by molar-refractivity contribution is 0.0305. The van der Waals surface area contributed by atoms with Crippen LogP contribution >= 0.6 is 0 Å². The summed E-state index contributed by atoms with van der Waals surface area (Å²) in [5, 5.41) is 0. The van der Waals surface area contributed by atoms with E-state index in [0.29, 0.717) is 12.2 Å². The molecule has 5 nitrogen and oxygen atoms in total. The van der Waals surface area contributed by atoms with Crippen molar-refractivity contribution in [1.82, 2.24) is 9.80 Å². The van der Waals surface area contributed by atoms with Gasteiger partial charge >= 0.3 is 0 Å². The highest BCUT2D eigenvalue weighted by molar-refractivity contribution is 5.22. The molecule has 164 valence electrons. The molecule has 0 N–H and O–H groups in total. The van der Waals surface area contributed by atoms with Gasteiger partial charge in [0, 0.05) is 32.2 Å². The van der Waals surface area contributed by atoms with Crippen LogP contribution in [0.25, 0.3) is 0 Å². The van der Waals surface area contributed by atoms with E-state index in [9.17, 15) is 0 Å². The Morgan fingerprint density at radius 1 is 1.03 bits per heavy atom. The Kier molecular flexibility index (Phi) is 5.57. The third kappa shape index (κ3) is 4.18. The lowest BCUT2D eigenvalue weighted by Crippen LogP contribution is -2.42. The molecule has 0 radical (unpaired) electrons. The lowest BCUT2D eigenvalue weighted by atomic mass is 9.79. The minimum absolute atomic E-state index is 0.0321. The number of nitrogens with zero attached hydrogens (tertiary/aromatic N) is 2. The Hall–Kier alpha value is -0.460. The maximum absolute atomic E-state index is 6.36. The molecule has 0 amide bonds. The van der Waals surface area contributed by atoms with Gasteiger partial charge in [-0.3, -0.25) is 4.90 Å². The fourth-order valence-electron chi connectivity index (χ4n) is 6.30. The number of ether oxygens (including phenoxy) is 3. The van der Waals surface area contributed by atoms with Crippen LogP contribution in [0.3, 0.4) is 0 Å². The van der Waals surface area contributed by atoms with E-state index in [1.807, 2.05) is 0 Å². The van der Waals surface area contributed by atoms with Crippen molar-refractivity contribution in [2.75, 3.05) is 45.9 Å². The van der Waals surface area contributed by atoms with Gasteiger partial charge in [-0.25, -0.2) is 0 Å². The van der Waals surface area contributed by atoms with E-state index in [2.05, 4.69) is 36.6 Å². The van der Waals surface area contributed by atoms with E-state index in [0.717, 1.165) is 44.7 Å². The third-order valence-corrected chi connectivity index (χ3v) is 8.27. The van der Waals surface area contributed by atoms with E-state index in [1.165, 1.54) is 57.3 Å². The molecule has 1 saturated carbocycles. The summed E-state index contributed by atoms with van der Waals surface area (Å²) in [5.74, 6) is 0.850. The molecule has 5 aliphatic rings. The number of epoxide rings is 2. The van der Waals surface area contributed by atoms with Gasteiger partial charge in [-0.1, -0.05) is 11.6 Å². The molecule has 2 unspecified atom stereocenters. The Balaban J connectivity index is 1.07. The van der Waals surface area contributed by atoms with Gasteiger partial charge in [0.15, 0.2) is 0 Å². The van der Waals surface area contributed by atoms with Crippen LogP contribution in [0.15, 0.2) is 11.6 Å². The second-order valence-electron chi connectivity index (χ2n) is 10.7.